The van der Waals surface area contributed by atoms with Gasteiger partial charge in [-0.1, -0.05) is 29.8 Å². The highest BCUT2D eigenvalue weighted by atomic mass is 79.9. The number of nitrogens with zero attached hydrogens (tertiary/aromatic N) is 4. The fourth-order valence-electron chi connectivity index (χ4n) is 3.96. The second-order valence-corrected chi connectivity index (χ2v) is 9.57. The van der Waals surface area contributed by atoms with Crippen LogP contribution in [0.25, 0.3) is 6.08 Å². The number of carbonyl (C=O) groups is 1. The Morgan fingerprint density at radius 3 is 2.38 bits per heavy atom. The number of halogens is 2. The molecule has 10 heteroatoms. The van der Waals surface area contributed by atoms with Crippen molar-refractivity contribution in [3.63, 3.8) is 0 Å². The summed E-state index contributed by atoms with van der Waals surface area (Å²) in [5, 5.41) is 20.8. The first-order valence-corrected chi connectivity index (χ1v) is 12.6. The van der Waals surface area contributed by atoms with Crippen LogP contribution in [0.15, 0.2) is 76.8 Å². The minimum atomic E-state index is -0.463. The third-order valence-electron chi connectivity index (χ3n) is 5.90. The Kier molecular flexibility index (Phi) is 8.43. The molecular formula is C27H22BrClN4O4. The summed E-state index contributed by atoms with van der Waals surface area (Å²) in [5.74, 6) is 0.0694. The summed E-state index contributed by atoms with van der Waals surface area (Å²) in [5.41, 5.74) is 2.45. The quantitative estimate of drug-likeness (QED) is 0.150. The predicted octanol–water partition coefficient (Wildman–Crippen LogP) is 5.85. The van der Waals surface area contributed by atoms with Crippen molar-refractivity contribution in [1.82, 2.24) is 4.90 Å². The largest absolute Gasteiger partial charge is 0.486 e. The lowest BCUT2D eigenvalue weighted by Gasteiger charge is -2.36. The van der Waals surface area contributed by atoms with Crippen molar-refractivity contribution >= 4 is 50.9 Å². The summed E-state index contributed by atoms with van der Waals surface area (Å²) < 4.78 is 6.37. The van der Waals surface area contributed by atoms with E-state index in [1.54, 1.807) is 29.2 Å². The minimum absolute atomic E-state index is 0.0000196. The molecule has 1 aliphatic heterocycles. The SMILES string of the molecule is N#C/C(=C/c1cc(Cl)c(OCc2ccc([N+](=O)[O-])cc2)c(Br)c1)C(=O)N1CCN(c2ccccc2)CC1. The van der Waals surface area contributed by atoms with Crippen LogP contribution in [-0.4, -0.2) is 41.9 Å². The van der Waals surface area contributed by atoms with Gasteiger partial charge in [-0.25, -0.2) is 0 Å². The molecule has 3 aromatic rings. The second-order valence-electron chi connectivity index (χ2n) is 8.31. The standard InChI is InChI=1S/C27H22BrClN4O4/c28-24-15-20(16-25(29)26(24)37-18-19-6-8-23(9-7-19)33(35)36)14-21(17-30)27(34)32-12-10-31(11-13-32)22-4-2-1-3-5-22/h1-9,14-16H,10-13,18H2/b21-14-. The molecule has 0 spiro atoms. The summed E-state index contributed by atoms with van der Waals surface area (Å²) in [6.45, 7) is 2.57. The number of hydrogen-bond donors (Lipinski definition) is 0. The van der Waals surface area contributed by atoms with Crippen molar-refractivity contribution in [3.8, 4) is 11.8 Å². The summed E-state index contributed by atoms with van der Waals surface area (Å²) in [6, 6.07) is 21.4. The van der Waals surface area contributed by atoms with Crippen LogP contribution < -0.4 is 9.64 Å². The van der Waals surface area contributed by atoms with Crippen LogP contribution in [0.5, 0.6) is 5.75 Å². The van der Waals surface area contributed by atoms with Gasteiger partial charge in [0.2, 0.25) is 0 Å². The van der Waals surface area contributed by atoms with Crippen molar-refractivity contribution in [3.05, 3.63) is 103 Å². The number of nitro groups is 1. The van der Waals surface area contributed by atoms with Crippen LogP contribution in [0.4, 0.5) is 11.4 Å². The molecule has 1 saturated heterocycles. The average Bonchev–Trinajstić information content (AvgIpc) is 2.91. The molecule has 0 radical (unpaired) electrons. The lowest BCUT2D eigenvalue weighted by atomic mass is 10.1. The fraction of sp³-hybridized carbons (Fsp3) is 0.185. The highest BCUT2D eigenvalue weighted by Gasteiger charge is 2.24. The Balaban J connectivity index is 1.42. The zero-order valence-corrected chi connectivity index (χ0v) is 22.0. The third kappa shape index (κ3) is 6.47. The molecule has 1 aliphatic rings. The number of piperazine rings is 1. The molecular weight excluding hydrogens is 560 g/mol. The highest BCUT2D eigenvalue weighted by Crippen LogP contribution is 2.36. The molecule has 3 aromatic carbocycles. The molecule has 1 amide bonds. The number of para-hydroxylation sites is 1. The highest BCUT2D eigenvalue weighted by molar-refractivity contribution is 9.10. The Morgan fingerprint density at radius 2 is 1.78 bits per heavy atom. The molecule has 37 heavy (non-hydrogen) atoms. The maximum absolute atomic E-state index is 13.0. The Morgan fingerprint density at radius 1 is 1.11 bits per heavy atom. The number of hydrogen-bond acceptors (Lipinski definition) is 6. The number of amides is 1. The number of carbonyl (C=O) groups excluding carboxylic acids is 1. The molecule has 0 saturated carbocycles. The van der Waals surface area contributed by atoms with E-state index < -0.39 is 4.92 Å². The van der Waals surface area contributed by atoms with Crippen LogP contribution in [0.2, 0.25) is 5.02 Å². The van der Waals surface area contributed by atoms with E-state index in [0.717, 1.165) is 11.3 Å². The van der Waals surface area contributed by atoms with Gasteiger partial charge in [-0.3, -0.25) is 14.9 Å². The fourth-order valence-corrected chi connectivity index (χ4v) is 4.94. The molecule has 0 aliphatic carbocycles. The number of non-ortho nitro benzene ring substituents is 1. The van der Waals surface area contributed by atoms with Crippen LogP contribution in [0.3, 0.4) is 0 Å². The zero-order chi connectivity index (χ0) is 26.4. The monoisotopic (exact) mass is 580 g/mol. The van der Waals surface area contributed by atoms with Crippen molar-refractivity contribution in [2.45, 2.75) is 6.61 Å². The summed E-state index contributed by atoms with van der Waals surface area (Å²) >= 11 is 9.88. The van der Waals surface area contributed by atoms with Gasteiger partial charge in [0, 0.05) is 44.0 Å². The van der Waals surface area contributed by atoms with Crippen LogP contribution in [0, 0.1) is 21.4 Å². The lowest BCUT2D eigenvalue weighted by Crippen LogP contribution is -2.49. The predicted molar refractivity (Wildman–Crippen MR) is 145 cm³/mol. The number of benzene rings is 3. The average molecular weight is 582 g/mol. The number of anilines is 1. The molecule has 8 nitrogen and oxygen atoms in total. The van der Waals surface area contributed by atoms with E-state index in [9.17, 15) is 20.2 Å². The van der Waals surface area contributed by atoms with Gasteiger partial charge in [0.1, 0.15) is 18.2 Å². The van der Waals surface area contributed by atoms with Gasteiger partial charge in [0.15, 0.2) is 5.75 Å². The van der Waals surface area contributed by atoms with E-state index in [1.807, 2.05) is 36.4 Å². The van der Waals surface area contributed by atoms with Crippen LogP contribution in [-0.2, 0) is 11.4 Å². The molecule has 4 rings (SSSR count). The normalized spacial score (nSPS) is 13.7. The van der Waals surface area contributed by atoms with Gasteiger partial charge < -0.3 is 14.5 Å². The molecule has 0 bridgehead atoms. The number of nitro benzene ring substituents is 1. The number of ether oxygens (including phenoxy) is 1. The number of nitriles is 1. The van der Waals surface area contributed by atoms with E-state index in [0.29, 0.717) is 47.0 Å². The first kappa shape index (κ1) is 26.2. The zero-order valence-electron chi connectivity index (χ0n) is 19.6. The first-order chi connectivity index (χ1) is 17.9. The third-order valence-corrected chi connectivity index (χ3v) is 6.77. The first-order valence-electron chi connectivity index (χ1n) is 11.4. The Hall–Kier alpha value is -3.87. The van der Waals surface area contributed by atoms with Gasteiger partial charge in [0.05, 0.1) is 14.4 Å². The molecule has 188 valence electrons. The lowest BCUT2D eigenvalue weighted by molar-refractivity contribution is -0.384. The molecule has 0 atom stereocenters. The van der Waals surface area contributed by atoms with Gasteiger partial charge >= 0.3 is 0 Å². The van der Waals surface area contributed by atoms with E-state index >= 15 is 0 Å². The molecule has 0 N–H and O–H groups in total. The van der Waals surface area contributed by atoms with Gasteiger partial charge in [-0.2, -0.15) is 5.26 Å². The van der Waals surface area contributed by atoms with Crippen molar-refractivity contribution < 1.29 is 14.5 Å². The van der Waals surface area contributed by atoms with E-state index in [4.69, 9.17) is 16.3 Å². The minimum Gasteiger partial charge on any atom is -0.486 e. The van der Waals surface area contributed by atoms with Gasteiger partial charge in [0.25, 0.3) is 11.6 Å². The Labute approximate surface area is 227 Å². The molecule has 1 fully saturated rings. The van der Waals surface area contributed by atoms with E-state index in [1.165, 1.54) is 18.2 Å². The Bertz CT molecular complexity index is 1340. The second kappa shape index (κ2) is 11.9. The van der Waals surface area contributed by atoms with E-state index in [2.05, 4.69) is 20.8 Å². The van der Waals surface area contributed by atoms with Crippen molar-refractivity contribution in [1.29, 1.82) is 5.26 Å². The molecule has 0 unspecified atom stereocenters. The molecule has 1 heterocycles. The van der Waals surface area contributed by atoms with Gasteiger partial charge in [-0.05, 0) is 69.5 Å². The van der Waals surface area contributed by atoms with Crippen molar-refractivity contribution in [2.24, 2.45) is 0 Å². The van der Waals surface area contributed by atoms with Crippen LogP contribution >= 0.6 is 27.5 Å². The topological polar surface area (TPSA) is 99.7 Å². The van der Waals surface area contributed by atoms with Crippen LogP contribution in [0.1, 0.15) is 11.1 Å². The maximum atomic E-state index is 13.0. The summed E-state index contributed by atoms with van der Waals surface area (Å²) in [7, 11) is 0. The van der Waals surface area contributed by atoms with Crippen molar-refractivity contribution in [2.75, 3.05) is 31.1 Å². The number of rotatable bonds is 7. The maximum Gasteiger partial charge on any atom is 0.269 e. The van der Waals surface area contributed by atoms with E-state index in [-0.39, 0.29) is 23.8 Å². The smallest absolute Gasteiger partial charge is 0.269 e. The van der Waals surface area contributed by atoms with Gasteiger partial charge in [-0.15, -0.1) is 0 Å². The summed E-state index contributed by atoms with van der Waals surface area (Å²) in [6.07, 6.45) is 1.52. The summed E-state index contributed by atoms with van der Waals surface area (Å²) in [4.78, 5) is 27.3. The molecule has 0 aromatic heterocycles.